The summed E-state index contributed by atoms with van der Waals surface area (Å²) in [7, 11) is 0. The van der Waals surface area contributed by atoms with Crippen molar-refractivity contribution in [1.82, 2.24) is 4.98 Å². The summed E-state index contributed by atoms with van der Waals surface area (Å²) in [5.41, 5.74) is 7.89. The Labute approximate surface area is 182 Å². The van der Waals surface area contributed by atoms with Crippen molar-refractivity contribution in [3.05, 3.63) is 82.9 Å². The van der Waals surface area contributed by atoms with E-state index in [-0.39, 0.29) is 47.4 Å². The smallest absolute Gasteiger partial charge is 0.307 e. The number of fused-ring (bicyclic) bond motifs is 1. The summed E-state index contributed by atoms with van der Waals surface area (Å²) in [5.74, 6) is -1.82. The number of pyridine rings is 1. The first kappa shape index (κ1) is 21.5. The summed E-state index contributed by atoms with van der Waals surface area (Å²) in [5, 5.41) is 9.32. The number of carboxylic acids is 1. The minimum Gasteiger partial charge on any atom is -0.488 e. The summed E-state index contributed by atoms with van der Waals surface area (Å²) >= 11 is 0. The number of nitrogens with two attached hydrogens (primary N) is 1. The summed E-state index contributed by atoms with van der Waals surface area (Å²) < 4.78 is 41.4. The molecule has 164 valence electrons. The van der Waals surface area contributed by atoms with E-state index >= 15 is 4.39 Å². The highest BCUT2D eigenvalue weighted by Gasteiger charge is 2.20. The second-order valence-electron chi connectivity index (χ2n) is 7.35. The van der Waals surface area contributed by atoms with Crippen LogP contribution in [0.25, 0.3) is 22.1 Å². The Kier molecular flexibility index (Phi) is 5.87. The second-order valence-corrected chi connectivity index (χ2v) is 7.35. The minimum absolute atomic E-state index is 0.0855. The molecule has 0 aliphatic carbocycles. The largest absolute Gasteiger partial charge is 0.488 e. The zero-order chi connectivity index (χ0) is 22.8. The molecule has 2 heterocycles. The van der Waals surface area contributed by atoms with Crippen LogP contribution in [-0.4, -0.2) is 16.1 Å². The maximum Gasteiger partial charge on any atom is 0.307 e. The van der Waals surface area contributed by atoms with Crippen LogP contribution in [0.2, 0.25) is 0 Å². The van der Waals surface area contributed by atoms with Gasteiger partial charge in [0, 0.05) is 35.0 Å². The number of ether oxygens (including phenoxy) is 1. The SMILES string of the molecule is Cc1ccc(CC(=O)O)c(OCc2cc(-c3ccnc(CN)c3F)c3occc3c2F)c1. The van der Waals surface area contributed by atoms with Gasteiger partial charge in [-0.15, -0.1) is 0 Å². The molecule has 0 spiro atoms. The molecule has 0 saturated carbocycles. The molecule has 0 aliphatic heterocycles. The fourth-order valence-electron chi connectivity index (χ4n) is 3.57. The van der Waals surface area contributed by atoms with E-state index in [2.05, 4.69) is 4.98 Å². The molecule has 0 fully saturated rings. The van der Waals surface area contributed by atoms with Gasteiger partial charge in [-0.05, 0) is 36.8 Å². The summed E-state index contributed by atoms with van der Waals surface area (Å²) in [6.45, 7) is 1.57. The molecule has 0 saturated heterocycles. The average Bonchev–Trinajstić information content (AvgIpc) is 3.26. The van der Waals surface area contributed by atoms with Gasteiger partial charge in [0.1, 0.15) is 23.8 Å². The molecule has 3 N–H and O–H groups in total. The quantitative estimate of drug-likeness (QED) is 0.432. The van der Waals surface area contributed by atoms with Crippen LogP contribution in [-0.2, 0) is 24.4 Å². The monoisotopic (exact) mass is 438 g/mol. The van der Waals surface area contributed by atoms with Crippen LogP contribution in [0.1, 0.15) is 22.4 Å². The van der Waals surface area contributed by atoms with Crippen molar-refractivity contribution in [2.75, 3.05) is 0 Å². The van der Waals surface area contributed by atoms with Gasteiger partial charge < -0.3 is 20.0 Å². The maximum atomic E-state index is 15.2. The molecule has 0 bridgehead atoms. The van der Waals surface area contributed by atoms with Gasteiger partial charge in [-0.3, -0.25) is 9.78 Å². The van der Waals surface area contributed by atoms with Crippen molar-refractivity contribution in [1.29, 1.82) is 0 Å². The number of hydrogen-bond acceptors (Lipinski definition) is 5. The van der Waals surface area contributed by atoms with Crippen molar-refractivity contribution in [3.63, 3.8) is 0 Å². The second kappa shape index (κ2) is 8.76. The number of aryl methyl sites for hydroxylation is 1. The van der Waals surface area contributed by atoms with Gasteiger partial charge in [0.15, 0.2) is 5.82 Å². The number of aromatic nitrogens is 1. The number of halogens is 2. The number of rotatable bonds is 7. The lowest BCUT2D eigenvalue weighted by Crippen LogP contribution is -2.06. The van der Waals surface area contributed by atoms with Crippen LogP contribution in [0.5, 0.6) is 5.75 Å². The maximum absolute atomic E-state index is 15.2. The lowest BCUT2D eigenvalue weighted by Gasteiger charge is -2.14. The van der Waals surface area contributed by atoms with E-state index in [1.54, 1.807) is 18.2 Å². The van der Waals surface area contributed by atoms with E-state index in [1.165, 1.54) is 30.7 Å². The minimum atomic E-state index is -1.00. The number of carbonyl (C=O) groups is 1. The van der Waals surface area contributed by atoms with Crippen LogP contribution < -0.4 is 10.5 Å². The zero-order valence-electron chi connectivity index (χ0n) is 17.2. The summed E-state index contributed by atoms with van der Waals surface area (Å²) in [6, 6.07) is 9.54. The third-order valence-electron chi connectivity index (χ3n) is 5.14. The van der Waals surface area contributed by atoms with Crippen LogP contribution in [0.15, 0.2) is 53.3 Å². The fraction of sp³-hybridized carbons (Fsp3) is 0.167. The first-order chi connectivity index (χ1) is 15.4. The number of benzene rings is 2. The number of hydrogen-bond donors (Lipinski definition) is 2. The van der Waals surface area contributed by atoms with Gasteiger partial charge in [-0.1, -0.05) is 12.1 Å². The van der Waals surface area contributed by atoms with E-state index in [9.17, 15) is 9.18 Å². The molecule has 0 amide bonds. The van der Waals surface area contributed by atoms with Crippen molar-refractivity contribution in [2.45, 2.75) is 26.5 Å². The molecular formula is C24H20F2N2O4. The van der Waals surface area contributed by atoms with Gasteiger partial charge in [0.05, 0.1) is 23.8 Å². The van der Waals surface area contributed by atoms with Crippen LogP contribution in [0.4, 0.5) is 8.78 Å². The fourth-order valence-corrected chi connectivity index (χ4v) is 3.57. The Morgan fingerprint density at radius 2 is 1.94 bits per heavy atom. The van der Waals surface area contributed by atoms with Crippen molar-refractivity contribution in [3.8, 4) is 16.9 Å². The summed E-state index contributed by atoms with van der Waals surface area (Å²) in [6.07, 6.45) is 2.53. The molecule has 0 radical (unpaired) electrons. The average molecular weight is 438 g/mol. The summed E-state index contributed by atoms with van der Waals surface area (Å²) in [4.78, 5) is 15.1. The molecule has 4 rings (SSSR count). The number of furan rings is 1. The van der Waals surface area contributed by atoms with Gasteiger partial charge in [-0.2, -0.15) is 0 Å². The van der Waals surface area contributed by atoms with Gasteiger partial charge in [-0.25, -0.2) is 8.78 Å². The van der Waals surface area contributed by atoms with E-state index in [1.807, 2.05) is 6.92 Å². The third kappa shape index (κ3) is 4.04. The molecule has 2 aromatic carbocycles. The zero-order valence-corrected chi connectivity index (χ0v) is 17.2. The molecule has 2 aromatic heterocycles. The lowest BCUT2D eigenvalue weighted by molar-refractivity contribution is -0.136. The first-order valence-electron chi connectivity index (χ1n) is 9.85. The molecule has 0 aliphatic rings. The Hall–Kier alpha value is -3.78. The third-order valence-corrected chi connectivity index (χ3v) is 5.14. The van der Waals surface area contributed by atoms with Crippen LogP contribution in [0, 0.1) is 18.6 Å². The molecule has 0 atom stereocenters. The van der Waals surface area contributed by atoms with Crippen LogP contribution in [0.3, 0.4) is 0 Å². The predicted molar refractivity (Wildman–Crippen MR) is 114 cm³/mol. The normalized spacial score (nSPS) is 11.1. The van der Waals surface area contributed by atoms with Gasteiger partial charge in [0.25, 0.3) is 0 Å². The highest BCUT2D eigenvalue weighted by Crippen LogP contribution is 2.35. The number of aliphatic carboxylic acids is 1. The molecule has 32 heavy (non-hydrogen) atoms. The molecule has 8 heteroatoms. The Morgan fingerprint density at radius 1 is 1.12 bits per heavy atom. The topological polar surface area (TPSA) is 98.6 Å². The van der Waals surface area contributed by atoms with E-state index in [0.29, 0.717) is 16.9 Å². The first-order valence-corrected chi connectivity index (χ1v) is 9.85. The van der Waals surface area contributed by atoms with E-state index in [0.717, 1.165) is 5.56 Å². The highest BCUT2D eigenvalue weighted by molar-refractivity contribution is 5.93. The van der Waals surface area contributed by atoms with Gasteiger partial charge >= 0.3 is 5.97 Å². The van der Waals surface area contributed by atoms with Crippen LogP contribution >= 0.6 is 0 Å². The van der Waals surface area contributed by atoms with Crippen molar-refractivity contribution >= 4 is 16.9 Å². The molecular weight excluding hydrogens is 418 g/mol. The van der Waals surface area contributed by atoms with E-state index < -0.39 is 17.6 Å². The van der Waals surface area contributed by atoms with Gasteiger partial charge in [0.2, 0.25) is 0 Å². The lowest BCUT2D eigenvalue weighted by atomic mass is 9.99. The molecule has 6 nitrogen and oxygen atoms in total. The number of nitrogens with zero attached hydrogens (tertiary/aromatic N) is 1. The molecule has 0 unspecified atom stereocenters. The van der Waals surface area contributed by atoms with E-state index in [4.69, 9.17) is 20.0 Å². The Morgan fingerprint density at radius 3 is 2.69 bits per heavy atom. The number of carboxylic acid groups (broad SMARTS) is 1. The van der Waals surface area contributed by atoms with Crippen molar-refractivity contribution in [2.24, 2.45) is 5.73 Å². The highest BCUT2D eigenvalue weighted by atomic mass is 19.1. The standard InChI is InChI=1S/C24H20F2N2O4/c1-13-2-3-14(10-21(29)30)20(8-13)32-12-15-9-18(24-17(22(15)25)5-7-31-24)16-4-6-28-19(11-27)23(16)26/h2-9H,10-12,27H2,1H3,(H,29,30). The van der Waals surface area contributed by atoms with Crippen molar-refractivity contribution < 1.29 is 27.8 Å². The molecule has 4 aromatic rings. The Balaban J connectivity index is 1.77. The predicted octanol–water partition coefficient (Wildman–Crippen LogP) is 4.75. The Bertz CT molecular complexity index is 1320.